The Morgan fingerprint density at radius 1 is 1.14 bits per heavy atom. The van der Waals surface area contributed by atoms with E-state index in [0.717, 1.165) is 25.5 Å². The predicted molar refractivity (Wildman–Crippen MR) is 158 cm³/mol. The van der Waals surface area contributed by atoms with Crippen LogP contribution in [0.15, 0.2) is 35.3 Å². The Kier molecular flexibility index (Phi) is 8.60. The highest BCUT2D eigenvalue weighted by Gasteiger charge is 2.37. The van der Waals surface area contributed by atoms with Crippen molar-refractivity contribution in [2.45, 2.75) is 70.6 Å². The Hall–Kier alpha value is -3.80. The number of hydrogen-bond donors (Lipinski definition) is 2. The molecule has 232 valence electrons. The second-order valence-electron chi connectivity index (χ2n) is 12.1. The lowest BCUT2D eigenvalue weighted by molar-refractivity contribution is -0.0466. The van der Waals surface area contributed by atoms with Gasteiger partial charge in [-0.1, -0.05) is 6.08 Å². The highest BCUT2D eigenvalue weighted by molar-refractivity contribution is 6.07. The van der Waals surface area contributed by atoms with Crippen LogP contribution in [0.25, 0.3) is 5.57 Å². The van der Waals surface area contributed by atoms with E-state index >= 15 is 4.39 Å². The van der Waals surface area contributed by atoms with E-state index in [1.54, 1.807) is 11.0 Å². The van der Waals surface area contributed by atoms with Crippen molar-refractivity contribution >= 4 is 28.9 Å². The standard InChI is InChI=1S/C31H38F3N5O4/c1-18-16-39(17-19(2)37(18)4)26-14-24(32)21(20-6-10-38(11-7-20)30(42)43-31(3)8-5-9-31)12-25(26)36-29(41)23-15-35-27(40)13-22(23)28(33)34/h6,12-15,18-19,28H,5,7-11,16-17H2,1-4H3,(H,35,40)(H,36,41)/t18-,19+. The molecule has 1 aromatic heterocycles. The number of rotatable bonds is 6. The van der Waals surface area contributed by atoms with Crippen molar-refractivity contribution in [1.82, 2.24) is 14.8 Å². The molecule has 2 amide bonds. The molecule has 1 aromatic carbocycles. The quantitative estimate of drug-likeness (QED) is 0.460. The smallest absolute Gasteiger partial charge is 0.410 e. The Morgan fingerprint density at radius 2 is 1.84 bits per heavy atom. The summed E-state index contributed by atoms with van der Waals surface area (Å²) in [5, 5.41) is 2.72. The summed E-state index contributed by atoms with van der Waals surface area (Å²) in [5.41, 5.74) is -0.634. The zero-order valence-corrected chi connectivity index (χ0v) is 24.9. The number of piperazine rings is 1. The molecule has 2 fully saturated rings. The van der Waals surface area contributed by atoms with E-state index in [4.69, 9.17) is 4.74 Å². The number of nitrogens with zero attached hydrogens (tertiary/aromatic N) is 3. The predicted octanol–water partition coefficient (Wildman–Crippen LogP) is 5.40. The van der Waals surface area contributed by atoms with Gasteiger partial charge in [-0.25, -0.2) is 18.0 Å². The molecule has 0 radical (unpaired) electrons. The number of amides is 2. The highest BCUT2D eigenvalue weighted by atomic mass is 19.3. The first kappa shape index (κ1) is 30.7. The molecule has 5 rings (SSSR count). The number of anilines is 2. The van der Waals surface area contributed by atoms with Crippen LogP contribution < -0.4 is 15.8 Å². The molecule has 0 unspecified atom stereocenters. The number of halogens is 3. The molecule has 2 aliphatic heterocycles. The molecule has 2 N–H and O–H groups in total. The lowest BCUT2D eigenvalue weighted by atomic mass is 9.82. The van der Waals surface area contributed by atoms with E-state index in [2.05, 4.69) is 29.0 Å². The molecule has 1 saturated carbocycles. The number of benzene rings is 1. The van der Waals surface area contributed by atoms with Crippen LogP contribution in [-0.4, -0.2) is 77.7 Å². The maximum atomic E-state index is 15.8. The van der Waals surface area contributed by atoms with Gasteiger partial charge in [-0.05, 0) is 71.2 Å². The maximum Gasteiger partial charge on any atom is 0.410 e. The molecule has 0 spiro atoms. The van der Waals surface area contributed by atoms with Gasteiger partial charge in [0.1, 0.15) is 11.4 Å². The first-order valence-corrected chi connectivity index (χ1v) is 14.6. The number of H-pyrrole nitrogens is 1. The zero-order valence-electron chi connectivity index (χ0n) is 24.9. The van der Waals surface area contributed by atoms with Crippen LogP contribution in [0, 0.1) is 5.82 Å². The number of ether oxygens (including phenoxy) is 1. The summed E-state index contributed by atoms with van der Waals surface area (Å²) in [7, 11) is 2.02. The number of aromatic nitrogens is 1. The molecule has 12 heteroatoms. The van der Waals surface area contributed by atoms with Crippen molar-refractivity contribution < 1.29 is 27.5 Å². The van der Waals surface area contributed by atoms with Gasteiger partial charge < -0.3 is 24.8 Å². The summed E-state index contributed by atoms with van der Waals surface area (Å²) in [5.74, 6) is -1.34. The van der Waals surface area contributed by atoms with E-state index in [0.29, 0.717) is 43.4 Å². The fourth-order valence-corrected chi connectivity index (χ4v) is 5.96. The van der Waals surface area contributed by atoms with Crippen LogP contribution in [0.5, 0.6) is 0 Å². The first-order chi connectivity index (χ1) is 20.3. The molecule has 3 aliphatic rings. The number of hydrogen-bond acceptors (Lipinski definition) is 6. The first-order valence-electron chi connectivity index (χ1n) is 14.6. The number of carbonyl (C=O) groups is 2. The molecule has 2 aromatic rings. The number of likely N-dealkylation sites (N-methyl/N-ethyl adjacent to an activating group) is 1. The molecule has 1 aliphatic carbocycles. The number of carbonyl (C=O) groups excluding carboxylic acids is 2. The molecule has 1 saturated heterocycles. The van der Waals surface area contributed by atoms with Gasteiger partial charge in [0.15, 0.2) is 0 Å². The highest BCUT2D eigenvalue weighted by Crippen LogP contribution is 2.38. The van der Waals surface area contributed by atoms with Gasteiger partial charge in [0.05, 0.1) is 16.9 Å². The van der Waals surface area contributed by atoms with Crippen molar-refractivity contribution in [2.75, 3.05) is 43.4 Å². The molecule has 2 atom stereocenters. The van der Waals surface area contributed by atoms with Crippen molar-refractivity contribution in [3.63, 3.8) is 0 Å². The van der Waals surface area contributed by atoms with Gasteiger partial charge in [0.25, 0.3) is 12.3 Å². The van der Waals surface area contributed by atoms with E-state index in [1.165, 1.54) is 12.1 Å². The molecular weight excluding hydrogens is 563 g/mol. The third-order valence-electron chi connectivity index (χ3n) is 9.03. The Morgan fingerprint density at radius 3 is 2.42 bits per heavy atom. The van der Waals surface area contributed by atoms with E-state index in [-0.39, 0.29) is 35.4 Å². The number of alkyl halides is 2. The van der Waals surface area contributed by atoms with Crippen LogP contribution in [0.4, 0.5) is 29.3 Å². The molecular formula is C31H38F3N5O4. The third kappa shape index (κ3) is 6.43. The third-order valence-corrected chi connectivity index (χ3v) is 9.03. The minimum atomic E-state index is -3.04. The average molecular weight is 602 g/mol. The van der Waals surface area contributed by atoms with Crippen LogP contribution >= 0.6 is 0 Å². The second kappa shape index (κ2) is 12.1. The van der Waals surface area contributed by atoms with Gasteiger partial charge in [0.2, 0.25) is 5.56 Å². The van der Waals surface area contributed by atoms with Gasteiger partial charge >= 0.3 is 6.09 Å². The normalized spacial score (nSPS) is 22.2. The Balaban J connectivity index is 1.46. The van der Waals surface area contributed by atoms with Crippen molar-refractivity contribution in [3.8, 4) is 0 Å². The van der Waals surface area contributed by atoms with Crippen LogP contribution in [0.3, 0.4) is 0 Å². The van der Waals surface area contributed by atoms with Crippen LogP contribution in [-0.2, 0) is 4.74 Å². The summed E-state index contributed by atoms with van der Waals surface area (Å²) in [6.07, 6.45) is 2.37. The van der Waals surface area contributed by atoms with Gasteiger partial charge in [0, 0.05) is 61.7 Å². The fourth-order valence-electron chi connectivity index (χ4n) is 5.96. The second-order valence-corrected chi connectivity index (χ2v) is 12.1. The largest absolute Gasteiger partial charge is 0.443 e. The Bertz CT molecular complexity index is 1480. The summed E-state index contributed by atoms with van der Waals surface area (Å²) < 4.78 is 48.9. The van der Waals surface area contributed by atoms with Gasteiger partial charge in [-0.2, -0.15) is 0 Å². The summed E-state index contributed by atoms with van der Waals surface area (Å²) in [4.78, 5) is 45.8. The fraction of sp³-hybridized carbons (Fsp3) is 0.516. The number of nitrogens with one attached hydrogen (secondary N) is 2. The lowest BCUT2D eigenvalue weighted by Crippen LogP contribution is -2.55. The molecule has 9 nitrogen and oxygen atoms in total. The maximum absolute atomic E-state index is 15.8. The van der Waals surface area contributed by atoms with Gasteiger partial charge in [-0.3, -0.25) is 14.5 Å². The van der Waals surface area contributed by atoms with Crippen molar-refractivity contribution in [1.29, 1.82) is 0 Å². The van der Waals surface area contributed by atoms with Crippen LogP contribution in [0.1, 0.15) is 74.4 Å². The van der Waals surface area contributed by atoms with Crippen molar-refractivity contribution in [3.05, 3.63) is 63.3 Å². The summed E-state index contributed by atoms with van der Waals surface area (Å²) >= 11 is 0. The monoisotopic (exact) mass is 601 g/mol. The minimum Gasteiger partial charge on any atom is -0.443 e. The lowest BCUT2D eigenvalue weighted by Gasteiger charge is -2.44. The SMILES string of the molecule is C[C@@H]1CN(c2cc(F)c(C3=CCN(C(=O)OC4(C)CCC4)CC3)cc2NC(=O)c2c[nH]c(=O)cc2C(F)F)C[C@H](C)N1C. The topological polar surface area (TPSA) is 98.0 Å². The van der Waals surface area contributed by atoms with Crippen LogP contribution in [0.2, 0.25) is 0 Å². The summed E-state index contributed by atoms with van der Waals surface area (Å²) in [6.45, 7) is 7.73. The summed E-state index contributed by atoms with van der Waals surface area (Å²) in [6, 6.07) is 3.87. The average Bonchev–Trinajstić information content (AvgIpc) is 2.95. The molecule has 0 bridgehead atoms. The van der Waals surface area contributed by atoms with E-state index < -0.39 is 41.0 Å². The number of aromatic amines is 1. The van der Waals surface area contributed by atoms with Crippen molar-refractivity contribution in [2.24, 2.45) is 0 Å². The Labute approximate surface area is 248 Å². The molecule has 3 heterocycles. The van der Waals surface area contributed by atoms with Gasteiger partial charge in [-0.15, -0.1) is 0 Å². The molecule has 43 heavy (non-hydrogen) atoms. The minimum absolute atomic E-state index is 0.133. The zero-order chi connectivity index (χ0) is 31.1. The van der Waals surface area contributed by atoms with E-state index in [1.807, 2.05) is 18.9 Å². The van der Waals surface area contributed by atoms with E-state index in [9.17, 15) is 23.2 Å². The number of pyridine rings is 1.